The van der Waals surface area contributed by atoms with Crippen LogP contribution in [0.5, 0.6) is 0 Å². The SMILES string of the molecule is CCC(O)c1cn(CCSC)nn1. The van der Waals surface area contributed by atoms with Crippen LogP contribution in [0.15, 0.2) is 6.20 Å². The van der Waals surface area contributed by atoms with Crippen molar-refractivity contribution in [1.29, 1.82) is 0 Å². The van der Waals surface area contributed by atoms with E-state index < -0.39 is 6.10 Å². The zero-order chi connectivity index (χ0) is 9.68. The Balaban J connectivity index is 2.53. The number of aryl methyl sites for hydroxylation is 1. The summed E-state index contributed by atoms with van der Waals surface area (Å²) in [4.78, 5) is 0. The molecule has 1 N–H and O–H groups in total. The van der Waals surface area contributed by atoms with Gasteiger partial charge in [0.25, 0.3) is 0 Å². The van der Waals surface area contributed by atoms with Crippen LogP contribution < -0.4 is 0 Å². The van der Waals surface area contributed by atoms with Gasteiger partial charge in [-0.2, -0.15) is 11.8 Å². The highest BCUT2D eigenvalue weighted by Gasteiger charge is 2.08. The van der Waals surface area contributed by atoms with E-state index in [4.69, 9.17) is 0 Å². The van der Waals surface area contributed by atoms with Crippen LogP contribution in [0.25, 0.3) is 0 Å². The molecule has 1 heterocycles. The Hall–Kier alpha value is -0.550. The molecule has 0 saturated carbocycles. The molecule has 4 nitrogen and oxygen atoms in total. The third-order valence-corrected chi connectivity index (χ3v) is 2.40. The van der Waals surface area contributed by atoms with Gasteiger partial charge in [-0.25, -0.2) is 0 Å². The molecular weight excluding hydrogens is 186 g/mol. The van der Waals surface area contributed by atoms with Gasteiger partial charge in [0.05, 0.1) is 18.8 Å². The van der Waals surface area contributed by atoms with Gasteiger partial charge in [-0.3, -0.25) is 4.68 Å². The van der Waals surface area contributed by atoms with Crippen molar-refractivity contribution >= 4 is 11.8 Å². The number of nitrogens with zero attached hydrogens (tertiary/aromatic N) is 3. The fraction of sp³-hybridized carbons (Fsp3) is 0.750. The first-order chi connectivity index (χ1) is 6.27. The molecule has 1 rings (SSSR count). The molecule has 13 heavy (non-hydrogen) atoms. The van der Waals surface area contributed by atoms with Crippen molar-refractivity contribution in [1.82, 2.24) is 15.0 Å². The van der Waals surface area contributed by atoms with E-state index in [-0.39, 0.29) is 0 Å². The number of hydrogen-bond acceptors (Lipinski definition) is 4. The number of aliphatic hydroxyl groups excluding tert-OH is 1. The number of hydrogen-bond donors (Lipinski definition) is 1. The van der Waals surface area contributed by atoms with Gasteiger partial charge in [0.15, 0.2) is 0 Å². The molecule has 1 atom stereocenters. The molecule has 0 aliphatic rings. The molecule has 1 aromatic heterocycles. The molecule has 1 unspecified atom stereocenters. The van der Waals surface area contributed by atoms with Crippen LogP contribution in [0.1, 0.15) is 25.1 Å². The van der Waals surface area contributed by atoms with Crippen molar-refractivity contribution in [3.8, 4) is 0 Å². The molecule has 0 saturated heterocycles. The van der Waals surface area contributed by atoms with Gasteiger partial charge >= 0.3 is 0 Å². The van der Waals surface area contributed by atoms with Crippen LogP contribution in [0.2, 0.25) is 0 Å². The molecule has 0 spiro atoms. The molecule has 0 aromatic carbocycles. The molecule has 5 heteroatoms. The zero-order valence-corrected chi connectivity index (χ0v) is 8.79. The lowest BCUT2D eigenvalue weighted by Crippen LogP contribution is -2.00. The Morgan fingerprint density at radius 2 is 2.46 bits per heavy atom. The Morgan fingerprint density at radius 1 is 1.69 bits per heavy atom. The minimum atomic E-state index is -0.469. The Morgan fingerprint density at radius 3 is 3.08 bits per heavy atom. The van der Waals surface area contributed by atoms with E-state index in [0.717, 1.165) is 12.3 Å². The van der Waals surface area contributed by atoms with E-state index in [1.807, 2.05) is 13.1 Å². The van der Waals surface area contributed by atoms with Gasteiger partial charge in [-0.1, -0.05) is 12.1 Å². The van der Waals surface area contributed by atoms with Gasteiger partial charge in [0, 0.05) is 5.75 Å². The predicted molar refractivity (Wildman–Crippen MR) is 53.7 cm³/mol. The van der Waals surface area contributed by atoms with E-state index >= 15 is 0 Å². The van der Waals surface area contributed by atoms with E-state index in [9.17, 15) is 5.11 Å². The maximum Gasteiger partial charge on any atom is 0.111 e. The smallest absolute Gasteiger partial charge is 0.111 e. The molecular formula is C8H15N3OS. The third-order valence-electron chi connectivity index (χ3n) is 1.81. The summed E-state index contributed by atoms with van der Waals surface area (Å²) in [5, 5.41) is 17.3. The largest absolute Gasteiger partial charge is 0.387 e. The first-order valence-electron chi connectivity index (χ1n) is 4.35. The van der Waals surface area contributed by atoms with E-state index in [1.165, 1.54) is 0 Å². The van der Waals surface area contributed by atoms with E-state index in [1.54, 1.807) is 16.4 Å². The number of thioether (sulfide) groups is 1. The summed E-state index contributed by atoms with van der Waals surface area (Å²) in [7, 11) is 0. The average Bonchev–Trinajstić information content (AvgIpc) is 2.62. The van der Waals surface area contributed by atoms with Crippen LogP contribution in [0.4, 0.5) is 0 Å². The Labute approximate surface area is 82.3 Å². The molecule has 0 radical (unpaired) electrons. The van der Waals surface area contributed by atoms with Gasteiger partial charge in [0.1, 0.15) is 5.69 Å². The first kappa shape index (κ1) is 10.5. The lowest BCUT2D eigenvalue weighted by Gasteiger charge is -2.00. The van der Waals surface area contributed by atoms with Crippen molar-refractivity contribution in [2.45, 2.75) is 26.0 Å². The molecule has 0 bridgehead atoms. The highest BCUT2D eigenvalue weighted by atomic mass is 32.2. The maximum atomic E-state index is 9.45. The summed E-state index contributed by atoms with van der Waals surface area (Å²) in [5.41, 5.74) is 0.670. The van der Waals surface area contributed by atoms with E-state index in [2.05, 4.69) is 16.6 Å². The van der Waals surface area contributed by atoms with Crippen molar-refractivity contribution in [3.63, 3.8) is 0 Å². The molecule has 0 fully saturated rings. The summed E-state index contributed by atoms with van der Waals surface area (Å²) in [6, 6.07) is 0. The minimum absolute atomic E-state index is 0.469. The molecule has 0 aliphatic carbocycles. The molecule has 1 aromatic rings. The van der Waals surface area contributed by atoms with Crippen LogP contribution in [-0.4, -0.2) is 32.1 Å². The average molecular weight is 201 g/mol. The fourth-order valence-electron chi connectivity index (χ4n) is 0.969. The van der Waals surface area contributed by atoms with Crippen LogP contribution >= 0.6 is 11.8 Å². The van der Waals surface area contributed by atoms with Crippen LogP contribution in [0.3, 0.4) is 0 Å². The minimum Gasteiger partial charge on any atom is -0.387 e. The summed E-state index contributed by atoms with van der Waals surface area (Å²) >= 11 is 1.77. The predicted octanol–water partition coefficient (Wildman–Crippen LogP) is 1.08. The second-order valence-electron chi connectivity index (χ2n) is 2.82. The van der Waals surface area contributed by atoms with Crippen molar-refractivity contribution < 1.29 is 5.11 Å². The number of rotatable bonds is 5. The number of aromatic nitrogens is 3. The fourth-order valence-corrected chi connectivity index (χ4v) is 1.34. The van der Waals surface area contributed by atoms with Crippen molar-refractivity contribution in [2.24, 2.45) is 0 Å². The third kappa shape index (κ3) is 3.00. The quantitative estimate of drug-likeness (QED) is 0.774. The highest BCUT2D eigenvalue weighted by molar-refractivity contribution is 7.98. The van der Waals surface area contributed by atoms with Gasteiger partial charge in [-0.15, -0.1) is 5.10 Å². The summed E-state index contributed by atoms with van der Waals surface area (Å²) < 4.78 is 1.77. The van der Waals surface area contributed by atoms with Crippen molar-refractivity contribution in [3.05, 3.63) is 11.9 Å². The Kier molecular flexibility index (Phi) is 4.24. The highest BCUT2D eigenvalue weighted by Crippen LogP contribution is 2.11. The number of aliphatic hydroxyl groups is 1. The normalized spacial score (nSPS) is 13.2. The van der Waals surface area contributed by atoms with Gasteiger partial charge in [-0.05, 0) is 12.7 Å². The van der Waals surface area contributed by atoms with E-state index in [0.29, 0.717) is 12.1 Å². The Bertz CT molecular complexity index is 251. The second-order valence-corrected chi connectivity index (χ2v) is 3.81. The van der Waals surface area contributed by atoms with Gasteiger partial charge < -0.3 is 5.11 Å². The lowest BCUT2D eigenvalue weighted by molar-refractivity contribution is 0.168. The maximum absolute atomic E-state index is 9.45. The molecule has 0 aliphatic heterocycles. The summed E-state index contributed by atoms with van der Waals surface area (Å²) in [6.07, 6.45) is 4.08. The zero-order valence-electron chi connectivity index (χ0n) is 7.97. The van der Waals surface area contributed by atoms with Crippen LogP contribution in [0, 0.1) is 0 Å². The molecule has 74 valence electrons. The van der Waals surface area contributed by atoms with Gasteiger partial charge in [0.2, 0.25) is 0 Å². The van der Waals surface area contributed by atoms with Crippen LogP contribution in [-0.2, 0) is 6.54 Å². The summed E-state index contributed by atoms with van der Waals surface area (Å²) in [5.74, 6) is 1.02. The summed E-state index contributed by atoms with van der Waals surface area (Å²) in [6.45, 7) is 2.77. The monoisotopic (exact) mass is 201 g/mol. The topological polar surface area (TPSA) is 50.9 Å². The molecule has 0 amide bonds. The lowest BCUT2D eigenvalue weighted by atomic mass is 10.2. The standard InChI is InChI=1S/C8H15N3OS/c1-3-8(12)7-6-11(10-9-7)4-5-13-2/h6,8,12H,3-5H2,1-2H3. The first-order valence-corrected chi connectivity index (χ1v) is 5.74. The van der Waals surface area contributed by atoms with Crippen molar-refractivity contribution in [2.75, 3.05) is 12.0 Å². The second kappa shape index (κ2) is 5.24.